The molecule has 0 radical (unpaired) electrons. The predicted octanol–water partition coefficient (Wildman–Crippen LogP) is 3.71. The first-order valence-corrected chi connectivity index (χ1v) is 8.37. The maximum absolute atomic E-state index is 12.2. The number of hydrogen-bond acceptors (Lipinski definition) is 5. The summed E-state index contributed by atoms with van der Waals surface area (Å²) in [7, 11) is 0. The summed E-state index contributed by atoms with van der Waals surface area (Å²) in [4.78, 5) is 8.98. The van der Waals surface area contributed by atoms with Gasteiger partial charge in [-0.1, -0.05) is 12.1 Å². The van der Waals surface area contributed by atoms with Crippen LogP contribution in [0.4, 0.5) is 20.3 Å². The van der Waals surface area contributed by atoms with Crippen molar-refractivity contribution in [2.75, 3.05) is 5.32 Å². The summed E-state index contributed by atoms with van der Waals surface area (Å²) in [5.41, 5.74) is 2.20. The second kappa shape index (κ2) is 7.10. The summed E-state index contributed by atoms with van der Waals surface area (Å²) in [6.45, 7) is -1.05. The van der Waals surface area contributed by atoms with E-state index in [1.807, 2.05) is 31.2 Å². The number of nitrogens with zero attached hydrogens (tertiary/aromatic N) is 4. The van der Waals surface area contributed by atoms with Gasteiger partial charge in [0, 0.05) is 5.69 Å². The van der Waals surface area contributed by atoms with Crippen LogP contribution in [0.3, 0.4) is 0 Å². The molecule has 2 aromatic carbocycles. The molecule has 0 aliphatic rings. The van der Waals surface area contributed by atoms with Crippen LogP contribution in [-0.2, 0) is 0 Å². The van der Waals surface area contributed by atoms with Crippen molar-refractivity contribution in [2.24, 2.45) is 0 Å². The third-order valence-corrected chi connectivity index (χ3v) is 4.04. The van der Waals surface area contributed by atoms with Crippen LogP contribution in [0.5, 0.6) is 5.75 Å². The van der Waals surface area contributed by atoms with Gasteiger partial charge in [0.15, 0.2) is 5.82 Å². The van der Waals surface area contributed by atoms with Gasteiger partial charge in [-0.15, -0.1) is 0 Å². The van der Waals surface area contributed by atoms with E-state index in [2.05, 4.69) is 20.0 Å². The Morgan fingerprint density at radius 3 is 2.57 bits per heavy atom. The molecule has 0 unspecified atom stereocenters. The summed E-state index contributed by atoms with van der Waals surface area (Å²) in [5.74, 6) is 1.44. The number of imidazole rings is 1. The first kappa shape index (κ1) is 17.7. The highest BCUT2D eigenvalue weighted by atomic mass is 19.3. The van der Waals surface area contributed by atoms with Crippen molar-refractivity contribution in [2.45, 2.75) is 13.5 Å². The molecule has 0 aliphatic carbocycles. The quantitative estimate of drug-likeness (QED) is 0.420. The predicted molar refractivity (Wildman–Crippen MR) is 98.9 cm³/mol. The van der Waals surface area contributed by atoms with E-state index in [0.717, 1.165) is 11.0 Å². The van der Waals surface area contributed by atoms with E-state index in [9.17, 15) is 14.0 Å². The van der Waals surface area contributed by atoms with Crippen LogP contribution in [0.2, 0.25) is 0 Å². The summed E-state index contributed by atoms with van der Waals surface area (Å²) in [6.07, 6.45) is 2.63. The van der Waals surface area contributed by atoms with Crippen molar-refractivity contribution < 1.29 is 18.2 Å². The summed E-state index contributed by atoms with van der Waals surface area (Å²) in [6, 6.07) is 13.5. The van der Waals surface area contributed by atoms with Gasteiger partial charge in [0.25, 0.3) is 0 Å². The normalized spacial score (nSPS) is 11.1. The Labute approximate surface area is 158 Å². The van der Waals surface area contributed by atoms with E-state index < -0.39 is 6.61 Å². The minimum Gasteiger partial charge on any atom is -0.619 e. The van der Waals surface area contributed by atoms with E-state index in [-0.39, 0.29) is 5.75 Å². The van der Waals surface area contributed by atoms with Gasteiger partial charge >= 0.3 is 6.61 Å². The monoisotopic (exact) mass is 383 g/mol. The molecule has 0 amide bonds. The number of hydrogen-bond donors (Lipinski definition) is 1. The van der Waals surface area contributed by atoms with Crippen molar-refractivity contribution in [3.8, 4) is 11.6 Å². The van der Waals surface area contributed by atoms with Gasteiger partial charge in [-0.3, -0.25) is 4.57 Å². The molecule has 4 aromatic rings. The lowest BCUT2D eigenvalue weighted by Gasteiger charge is -2.10. The van der Waals surface area contributed by atoms with Gasteiger partial charge < -0.3 is 15.3 Å². The largest absolute Gasteiger partial charge is 0.619 e. The Balaban J connectivity index is 1.67. The molecule has 0 atom stereocenters. The molecule has 0 fully saturated rings. The number of aryl methyl sites for hydroxylation is 1. The second-order valence-corrected chi connectivity index (χ2v) is 5.98. The van der Waals surface area contributed by atoms with Crippen LogP contribution in [-0.4, -0.2) is 21.1 Å². The smallest absolute Gasteiger partial charge is 0.387 e. The number of para-hydroxylation sites is 2. The lowest BCUT2D eigenvalue weighted by atomic mass is 10.3. The van der Waals surface area contributed by atoms with Crippen molar-refractivity contribution >= 4 is 22.5 Å². The van der Waals surface area contributed by atoms with Crippen LogP contribution in [0.15, 0.2) is 60.9 Å². The lowest BCUT2D eigenvalue weighted by molar-refractivity contribution is -0.604. The maximum atomic E-state index is 12.2. The number of ether oxygens (including phenoxy) is 1. The minimum atomic E-state index is -2.88. The molecule has 4 rings (SSSR count). The Kier molecular flexibility index (Phi) is 4.48. The number of benzene rings is 2. The molecule has 0 saturated heterocycles. The molecular weight excluding hydrogens is 368 g/mol. The van der Waals surface area contributed by atoms with E-state index in [4.69, 9.17) is 0 Å². The fraction of sp³-hybridized carbons (Fsp3) is 0.105. The van der Waals surface area contributed by atoms with E-state index in [1.165, 1.54) is 24.5 Å². The van der Waals surface area contributed by atoms with E-state index in [0.29, 0.717) is 27.9 Å². The van der Waals surface area contributed by atoms with Gasteiger partial charge in [-0.2, -0.15) is 13.5 Å². The third kappa shape index (κ3) is 3.54. The summed E-state index contributed by atoms with van der Waals surface area (Å²) < 4.78 is 31.2. The molecule has 1 N–H and O–H groups in total. The summed E-state index contributed by atoms with van der Waals surface area (Å²) >= 11 is 0. The van der Waals surface area contributed by atoms with Gasteiger partial charge in [0.2, 0.25) is 18.2 Å². The number of nitrogens with one attached hydrogen (secondary N) is 1. The molecule has 2 aromatic heterocycles. The second-order valence-electron chi connectivity index (χ2n) is 5.98. The minimum absolute atomic E-state index is 0.0432. The molecule has 28 heavy (non-hydrogen) atoms. The topological polar surface area (TPSA) is 78.9 Å². The molecule has 0 aliphatic heterocycles. The molecular formula is C19H15F2N5O2. The number of anilines is 2. The standard InChI is InChI=1S/C19H15F2N5O2/c1-12-22-15-4-2-3-5-16(15)26(12)18-11-25(27)10-17(24-18)23-13-6-8-14(9-7-13)28-19(20)21/h2-11,19H,1H3,(H,23,24). The molecule has 0 saturated carbocycles. The van der Waals surface area contributed by atoms with Gasteiger partial charge in [-0.05, 0) is 43.3 Å². The highest BCUT2D eigenvalue weighted by Crippen LogP contribution is 2.22. The zero-order valence-electron chi connectivity index (χ0n) is 14.7. The van der Waals surface area contributed by atoms with Crippen LogP contribution in [0.25, 0.3) is 16.9 Å². The SMILES string of the molecule is Cc1nc2ccccc2n1-c1c[n+]([O-])cc(Nc2ccc(OC(F)F)cc2)n1. The number of aromatic nitrogens is 4. The maximum Gasteiger partial charge on any atom is 0.387 e. The highest BCUT2D eigenvalue weighted by Gasteiger charge is 2.14. The Hall–Kier alpha value is -3.75. The van der Waals surface area contributed by atoms with Gasteiger partial charge in [0.1, 0.15) is 11.6 Å². The first-order chi connectivity index (χ1) is 13.5. The summed E-state index contributed by atoms with van der Waals surface area (Å²) in [5, 5.41) is 15.1. The molecule has 0 bridgehead atoms. The van der Waals surface area contributed by atoms with Crippen molar-refractivity contribution in [1.82, 2.24) is 14.5 Å². The Morgan fingerprint density at radius 1 is 1.07 bits per heavy atom. The Bertz CT molecular complexity index is 1130. The zero-order chi connectivity index (χ0) is 19.7. The number of fused-ring (bicyclic) bond motifs is 1. The third-order valence-electron chi connectivity index (χ3n) is 4.04. The average molecular weight is 383 g/mol. The van der Waals surface area contributed by atoms with Gasteiger partial charge in [-0.25, -0.2) is 9.97 Å². The fourth-order valence-electron chi connectivity index (χ4n) is 2.92. The number of alkyl halides is 2. The van der Waals surface area contributed by atoms with Crippen molar-refractivity contribution in [1.29, 1.82) is 0 Å². The van der Waals surface area contributed by atoms with Gasteiger partial charge in [0.05, 0.1) is 11.0 Å². The number of halogens is 2. The van der Waals surface area contributed by atoms with E-state index in [1.54, 1.807) is 16.7 Å². The first-order valence-electron chi connectivity index (χ1n) is 8.37. The Morgan fingerprint density at radius 2 is 1.82 bits per heavy atom. The molecule has 0 spiro atoms. The molecule has 9 heteroatoms. The van der Waals surface area contributed by atoms with Crippen molar-refractivity contribution in [3.05, 3.63) is 72.0 Å². The van der Waals surface area contributed by atoms with Crippen LogP contribution >= 0.6 is 0 Å². The zero-order valence-corrected chi connectivity index (χ0v) is 14.7. The average Bonchev–Trinajstić information content (AvgIpc) is 2.98. The lowest BCUT2D eigenvalue weighted by Crippen LogP contribution is -2.27. The van der Waals surface area contributed by atoms with E-state index >= 15 is 0 Å². The molecule has 142 valence electrons. The van der Waals surface area contributed by atoms with Crippen molar-refractivity contribution in [3.63, 3.8) is 0 Å². The molecule has 7 nitrogen and oxygen atoms in total. The van der Waals surface area contributed by atoms with Crippen LogP contribution in [0, 0.1) is 12.1 Å². The van der Waals surface area contributed by atoms with Crippen LogP contribution in [0.1, 0.15) is 5.82 Å². The molecule has 2 heterocycles. The highest BCUT2D eigenvalue weighted by molar-refractivity contribution is 5.77. The fourth-order valence-corrected chi connectivity index (χ4v) is 2.92. The number of rotatable bonds is 5. The van der Waals surface area contributed by atoms with Crippen LogP contribution < -0.4 is 14.8 Å².